The molecule has 2 rings (SSSR count). The summed E-state index contributed by atoms with van der Waals surface area (Å²) in [7, 11) is 1.90. The Bertz CT molecular complexity index is 416. The van der Waals surface area contributed by atoms with Gasteiger partial charge in [0.05, 0.1) is 0 Å². The molecule has 0 saturated carbocycles. The lowest BCUT2D eigenvalue weighted by Crippen LogP contribution is -2.23. The van der Waals surface area contributed by atoms with Crippen LogP contribution in [0.5, 0.6) is 0 Å². The van der Waals surface area contributed by atoms with Crippen LogP contribution in [0.15, 0.2) is 0 Å². The molecule has 106 valence electrons. The van der Waals surface area contributed by atoms with Gasteiger partial charge < -0.3 is 15.4 Å². The Kier molecular flexibility index (Phi) is 4.96. The summed E-state index contributed by atoms with van der Waals surface area (Å²) in [4.78, 5) is 9.07. The van der Waals surface area contributed by atoms with Crippen LogP contribution in [0.1, 0.15) is 31.2 Å². The van der Waals surface area contributed by atoms with E-state index in [1.807, 2.05) is 7.05 Å². The van der Waals surface area contributed by atoms with E-state index in [2.05, 4.69) is 34.4 Å². The molecule has 0 bridgehead atoms. The van der Waals surface area contributed by atoms with Gasteiger partial charge in [-0.15, -0.1) is 0 Å². The number of nitrogens with zero attached hydrogens (tertiary/aromatic N) is 2. The highest BCUT2D eigenvalue weighted by Gasteiger charge is 2.15. The van der Waals surface area contributed by atoms with E-state index < -0.39 is 0 Å². The normalized spacial score (nSPS) is 16.4. The van der Waals surface area contributed by atoms with E-state index in [1.165, 1.54) is 0 Å². The number of aryl methyl sites for hydroxylation is 1. The van der Waals surface area contributed by atoms with Crippen LogP contribution in [0.4, 0.5) is 11.6 Å². The minimum absolute atomic E-state index is 0.686. The van der Waals surface area contributed by atoms with Crippen molar-refractivity contribution in [1.82, 2.24) is 9.97 Å². The van der Waals surface area contributed by atoms with Crippen molar-refractivity contribution in [2.45, 2.75) is 33.1 Å². The molecule has 0 aromatic carbocycles. The Morgan fingerprint density at radius 3 is 2.53 bits per heavy atom. The summed E-state index contributed by atoms with van der Waals surface area (Å²) in [5.41, 5.74) is 1.09. The van der Waals surface area contributed by atoms with Crippen LogP contribution in [0, 0.1) is 12.8 Å². The summed E-state index contributed by atoms with van der Waals surface area (Å²) < 4.78 is 5.39. The van der Waals surface area contributed by atoms with Gasteiger partial charge in [0.2, 0.25) is 0 Å². The third-order valence-electron chi connectivity index (χ3n) is 3.64. The Morgan fingerprint density at radius 2 is 1.89 bits per heavy atom. The van der Waals surface area contributed by atoms with Gasteiger partial charge in [0.15, 0.2) is 0 Å². The second-order valence-corrected chi connectivity index (χ2v) is 5.00. The first-order chi connectivity index (χ1) is 9.24. The number of hydrogen-bond acceptors (Lipinski definition) is 5. The number of hydrogen-bond donors (Lipinski definition) is 2. The standard InChI is InChI=1S/C14H24N4O/c1-4-12-17-13(15-3)10(2)14(18-12)16-9-11-5-7-19-8-6-11/h11H,4-9H2,1-3H3,(H2,15,16,17,18). The van der Waals surface area contributed by atoms with Crippen LogP contribution in [0.25, 0.3) is 0 Å². The van der Waals surface area contributed by atoms with Gasteiger partial charge >= 0.3 is 0 Å². The van der Waals surface area contributed by atoms with E-state index in [9.17, 15) is 0 Å². The zero-order chi connectivity index (χ0) is 13.7. The van der Waals surface area contributed by atoms with E-state index in [-0.39, 0.29) is 0 Å². The molecule has 1 aliphatic rings. The van der Waals surface area contributed by atoms with E-state index in [1.54, 1.807) is 0 Å². The van der Waals surface area contributed by atoms with Crippen LogP contribution >= 0.6 is 0 Å². The van der Waals surface area contributed by atoms with Crippen molar-refractivity contribution in [2.24, 2.45) is 5.92 Å². The fraction of sp³-hybridized carbons (Fsp3) is 0.714. The van der Waals surface area contributed by atoms with Crippen molar-refractivity contribution >= 4 is 11.6 Å². The van der Waals surface area contributed by atoms with Crippen molar-refractivity contribution in [2.75, 3.05) is 37.4 Å². The smallest absolute Gasteiger partial charge is 0.134 e. The molecule has 1 aliphatic heterocycles. The molecule has 1 fully saturated rings. The lowest BCUT2D eigenvalue weighted by Gasteiger charge is -2.23. The van der Waals surface area contributed by atoms with Crippen molar-refractivity contribution in [3.8, 4) is 0 Å². The average molecular weight is 264 g/mol. The van der Waals surface area contributed by atoms with E-state index in [4.69, 9.17) is 4.74 Å². The highest BCUT2D eigenvalue weighted by Crippen LogP contribution is 2.21. The fourth-order valence-corrected chi connectivity index (χ4v) is 2.33. The zero-order valence-corrected chi connectivity index (χ0v) is 12.1. The predicted octanol–water partition coefficient (Wildman–Crippen LogP) is 2.23. The number of ether oxygens (including phenoxy) is 1. The van der Waals surface area contributed by atoms with E-state index >= 15 is 0 Å². The molecule has 5 heteroatoms. The summed E-state index contributed by atoms with van der Waals surface area (Å²) in [5.74, 6) is 3.44. The minimum Gasteiger partial charge on any atom is -0.381 e. The maximum Gasteiger partial charge on any atom is 0.134 e. The maximum atomic E-state index is 5.39. The third-order valence-corrected chi connectivity index (χ3v) is 3.64. The number of aromatic nitrogens is 2. The molecular formula is C14H24N4O. The predicted molar refractivity (Wildman–Crippen MR) is 77.7 cm³/mol. The molecule has 2 heterocycles. The molecule has 0 aliphatic carbocycles. The highest BCUT2D eigenvalue weighted by molar-refractivity contribution is 5.57. The molecule has 2 N–H and O–H groups in total. The quantitative estimate of drug-likeness (QED) is 0.854. The number of rotatable bonds is 5. The van der Waals surface area contributed by atoms with Gasteiger partial charge in [-0.3, -0.25) is 0 Å². The molecule has 19 heavy (non-hydrogen) atoms. The van der Waals surface area contributed by atoms with Gasteiger partial charge in [-0.1, -0.05) is 6.92 Å². The summed E-state index contributed by atoms with van der Waals surface area (Å²) >= 11 is 0. The van der Waals surface area contributed by atoms with Gasteiger partial charge in [0.1, 0.15) is 17.5 Å². The van der Waals surface area contributed by atoms with Crippen molar-refractivity contribution < 1.29 is 4.74 Å². The SMILES string of the molecule is CCc1nc(NC)c(C)c(NCC2CCOCC2)n1. The fourth-order valence-electron chi connectivity index (χ4n) is 2.33. The van der Waals surface area contributed by atoms with E-state index in [0.29, 0.717) is 5.92 Å². The second kappa shape index (κ2) is 6.70. The van der Waals surface area contributed by atoms with Crippen LogP contribution in [-0.4, -0.2) is 36.8 Å². The Balaban J connectivity index is 2.05. The molecule has 0 spiro atoms. The first-order valence-electron chi connectivity index (χ1n) is 7.11. The van der Waals surface area contributed by atoms with Gasteiger partial charge in [-0.05, 0) is 25.7 Å². The van der Waals surface area contributed by atoms with Crippen LogP contribution in [0.3, 0.4) is 0 Å². The largest absolute Gasteiger partial charge is 0.381 e. The van der Waals surface area contributed by atoms with Gasteiger partial charge in [0.25, 0.3) is 0 Å². The first-order valence-corrected chi connectivity index (χ1v) is 7.11. The monoisotopic (exact) mass is 264 g/mol. The Morgan fingerprint density at radius 1 is 1.21 bits per heavy atom. The summed E-state index contributed by atoms with van der Waals surface area (Å²) in [5, 5.41) is 6.62. The van der Waals surface area contributed by atoms with Crippen LogP contribution in [-0.2, 0) is 11.2 Å². The zero-order valence-electron chi connectivity index (χ0n) is 12.1. The molecule has 0 amide bonds. The summed E-state index contributed by atoms with van der Waals surface area (Å²) in [6, 6.07) is 0. The first kappa shape index (κ1) is 14.1. The van der Waals surface area contributed by atoms with Crippen molar-refractivity contribution in [1.29, 1.82) is 0 Å². The van der Waals surface area contributed by atoms with Crippen molar-refractivity contribution in [3.63, 3.8) is 0 Å². The lowest BCUT2D eigenvalue weighted by molar-refractivity contribution is 0.0699. The highest BCUT2D eigenvalue weighted by atomic mass is 16.5. The van der Waals surface area contributed by atoms with E-state index in [0.717, 1.165) is 62.0 Å². The molecule has 0 unspecified atom stereocenters. The Hall–Kier alpha value is -1.36. The van der Waals surface area contributed by atoms with Gasteiger partial charge in [0, 0.05) is 38.8 Å². The molecular weight excluding hydrogens is 240 g/mol. The molecule has 0 atom stereocenters. The molecule has 1 aromatic heterocycles. The molecule has 1 aromatic rings. The molecule has 1 saturated heterocycles. The maximum absolute atomic E-state index is 5.39. The summed E-state index contributed by atoms with van der Waals surface area (Å²) in [6.45, 7) is 6.87. The average Bonchev–Trinajstić information content (AvgIpc) is 2.47. The topological polar surface area (TPSA) is 59.1 Å². The third kappa shape index (κ3) is 3.56. The minimum atomic E-state index is 0.686. The molecule has 0 radical (unpaired) electrons. The van der Waals surface area contributed by atoms with Gasteiger partial charge in [-0.25, -0.2) is 9.97 Å². The van der Waals surface area contributed by atoms with Crippen LogP contribution in [0.2, 0.25) is 0 Å². The number of nitrogens with one attached hydrogen (secondary N) is 2. The lowest BCUT2D eigenvalue weighted by atomic mass is 10.0. The Labute approximate surface area is 115 Å². The summed E-state index contributed by atoms with van der Waals surface area (Å²) in [6.07, 6.45) is 3.12. The molecule has 5 nitrogen and oxygen atoms in total. The van der Waals surface area contributed by atoms with Crippen molar-refractivity contribution in [3.05, 3.63) is 11.4 Å². The van der Waals surface area contributed by atoms with Gasteiger partial charge in [-0.2, -0.15) is 0 Å². The number of anilines is 2. The second-order valence-electron chi connectivity index (χ2n) is 5.00. The van der Waals surface area contributed by atoms with Crippen LogP contribution < -0.4 is 10.6 Å².